The molecule has 1 aromatic heterocycles. The average Bonchev–Trinajstić information content (AvgIpc) is 2.71. The molecule has 0 spiro atoms. The number of aromatic nitrogens is 2. The highest BCUT2D eigenvalue weighted by atomic mass is 79.9. The summed E-state index contributed by atoms with van der Waals surface area (Å²) in [5.74, 6) is 0. The van der Waals surface area contributed by atoms with Crippen molar-refractivity contribution in [3.8, 4) is 0 Å². The maximum absolute atomic E-state index is 12.0. The highest BCUT2D eigenvalue weighted by molar-refractivity contribution is 9.10. The van der Waals surface area contributed by atoms with Gasteiger partial charge in [-0.3, -0.25) is 4.72 Å². The van der Waals surface area contributed by atoms with E-state index in [4.69, 9.17) is 5.73 Å². The number of aryl methyl sites for hydroxylation is 1. The summed E-state index contributed by atoms with van der Waals surface area (Å²) < 4.78 is 28.7. The quantitative estimate of drug-likeness (QED) is 0.836. The van der Waals surface area contributed by atoms with Crippen LogP contribution in [0.5, 0.6) is 0 Å². The Balaban J connectivity index is 2.36. The molecule has 0 saturated carbocycles. The summed E-state index contributed by atoms with van der Waals surface area (Å²) in [6.07, 6.45) is 2.84. The van der Waals surface area contributed by atoms with E-state index in [0.29, 0.717) is 15.8 Å². The van der Waals surface area contributed by atoms with Gasteiger partial charge in [-0.25, -0.2) is 4.98 Å². The predicted molar refractivity (Wildman–Crippen MR) is 72.6 cm³/mol. The molecule has 0 saturated heterocycles. The zero-order chi connectivity index (χ0) is 13.3. The van der Waals surface area contributed by atoms with Crippen molar-refractivity contribution in [2.24, 2.45) is 7.05 Å². The van der Waals surface area contributed by atoms with Gasteiger partial charge in [-0.05, 0) is 34.1 Å². The molecule has 18 heavy (non-hydrogen) atoms. The van der Waals surface area contributed by atoms with Gasteiger partial charge >= 0.3 is 0 Å². The number of nitrogens with one attached hydrogen (secondary N) is 1. The number of hydrogen-bond acceptors (Lipinski definition) is 4. The Bertz CT molecular complexity index is 681. The van der Waals surface area contributed by atoms with Gasteiger partial charge in [-0.15, -0.1) is 0 Å². The van der Waals surface area contributed by atoms with E-state index in [0.717, 1.165) is 0 Å². The number of hydrogen-bond donors (Lipinski definition) is 2. The van der Waals surface area contributed by atoms with Crippen molar-refractivity contribution in [3.63, 3.8) is 0 Å². The van der Waals surface area contributed by atoms with Gasteiger partial charge < -0.3 is 10.3 Å². The highest BCUT2D eigenvalue weighted by Crippen LogP contribution is 2.26. The van der Waals surface area contributed by atoms with Crippen molar-refractivity contribution in [2.75, 3.05) is 10.5 Å². The molecule has 2 rings (SSSR count). The van der Waals surface area contributed by atoms with E-state index in [9.17, 15) is 8.42 Å². The molecule has 8 heteroatoms. The van der Waals surface area contributed by atoms with Crippen LogP contribution >= 0.6 is 15.9 Å². The summed E-state index contributed by atoms with van der Waals surface area (Å²) in [7, 11) is -2.00. The number of rotatable bonds is 3. The summed E-state index contributed by atoms with van der Waals surface area (Å²) in [5, 5.41) is -0.0423. The number of nitrogens with zero attached hydrogens (tertiary/aromatic N) is 2. The molecule has 1 heterocycles. The molecule has 0 radical (unpaired) electrons. The van der Waals surface area contributed by atoms with Gasteiger partial charge in [0.15, 0.2) is 5.03 Å². The molecule has 0 fully saturated rings. The molecule has 0 aliphatic carbocycles. The van der Waals surface area contributed by atoms with E-state index in [1.165, 1.54) is 18.6 Å². The molecule has 96 valence electrons. The number of benzene rings is 1. The van der Waals surface area contributed by atoms with Gasteiger partial charge in [0.1, 0.15) is 0 Å². The standard InChI is InChI=1S/C10H11BrN4O2S/c1-15-5-10(13-6-15)18(16,17)14-9-4-7(12)2-3-8(9)11/h2-6,14H,12H2,1H3. The summed E-state index contributed by atoms with van der Waals surface area (Å²) >= 11 is 3.25. The van der Waals surface area contributed by atoms with Gasteiger partial charge in [0.2, 0.25) is 0 Å². The Kier molecular flexibility index (Phi) is 3.31. The number of nitrogens with two attached hydrogens (primary N) is 1. The Morgan fingerprint density at radius 1 is 1.44 bits per heavy atom. The van der Waals surface area contributed by atoms with Crippen LogP contribution in [0.15, 0.2) is 40.2 Å². The van der Waals surface area contributed by atoms with Gasteiger partial charge in [-0.1, -0.05) is 0 Å². The molecular formula is C10H11BrN4O2S. The molecule has 1 aromatic carbocycles. The van der Waals surface area contributed by atoms with Gasteiger partial charge in [0.25, 0.3) is 10.0 Å². The summed E-state index contributed by atoms with van der Waals surface area (Å²) in [6.45, 7) is 0. The highest BCUT2D eigenvalue weighted by Gasteiger charge is 2.18. The smallest absolute Gasteiger partial charge is 0.280 e. The third-order valence-corrected chi connectivity index (χ3v) is 4.13. The van der Waals surface area contributed by atoms with Crippen LogP contribution in [0.2, 0.25) is 0 Å². The van der Waals surface area contributed by atoms with Crippen LogP contribution in [0.1, 0.15) is 0 Å². The fourth-order valence-corrected chi connectivity index (χ4v) is 2.88. The van der Waals surface area contributed by atoms with Gasteiger partial charge in [-0.2, -0.15) is 8.42 Å². The molecule has 0 aliphatic heterocycles. The van der Waals surface area contributed by atoms with Gasteiger partial charge in [0, 0.05) is 23.4 Å². The second kappa shape index (κ2) is 4.62. The first kappa shape index (κ1) is 12.9. The number of nitrogen functional groups attached to an aromatic ring is 1. The first-order chi connectivity index (χ1) is 8.38. The fourth-order valence-electron chi connectivity index (χ4n) is 1.35. The molecule has 0 unspecified atom stereocenters. The maximum atomic E-state index is 12.0. The number of anilines is 2. The third-order valence-electron chi connectivity index (χ3n) is 2.19. The Morgan fingerprint density at radius 2 is 2.17 bits per heavy atom. The number of imidazole rings is 1. The van der Waals surface area contributed by atoms with Crippen molar-refractivity contribution in [1.29, 1.82) is 0 Å². The van der Waals surface area contributed by atoms with Crippen LogP contribution in [0.3, 0.4) is 0 Å². The van der Waals surface area contributed by atoms with Crippen molar-refractivity contribution >= 4 is 37.3 Å². The molecule has 0 amide bonds. The van der Waals surface area contributed by atoms with Crippen molar-refractivity contribution < 1.29 is 8.42 Å². The molecule has 2 aromatic rings. The number of sulfonamides is 1. The summed E-state index contributed by atoms with van der Waals surface area (Å²) in [6, 6.07) is 4.87. The Labute approximate surface area is 113 Å². The van der Waals surface area contributed by atoms with Crippen LogP contribution in [0.4, 0.5) is 11.4 Å². The number of halogens is 1. The minimum absolute atomic E-state index is 0.0423. The lowest BCUT2D eigenvalue weighted by Crippen LogP contribution is -2.14. The molecule has 6 nitrogen and oxygen atoms in total. The van der Waals surface area contributed by atoms with E-state index in [1.807, 2.05) is 0 Å². The molecule has 3 N–H and O–H groups in total. The van der Waals surface area contributed by atoms with E-state index in [1.54, 1.807) is 23.7 Å². The van der Waals surface area contributed by atoms with E-state index >= 15 is 0 Å². The molecule has 0 bridgehead atoms. The van der Waals surface area contributed by atoms with Crippen LogP contribution in [-0.2, 0) is 17.1 Å². The monoisotopic (exact) mass is 330 g/mol. The first-order valence-electron chi connectivity index (χ1n) is 4.94. The third kappa shape index (κ3) is 2.65. The van der Waals surface area contributed by atoms with E-state index < -0.39 is 10.0 Å². The minimum Gasteiger partial charge on any atom is -0.399 e. The van der Waals surface area contributed by atoms with Crippen molar-refractivity contribution in [3.05, 3.63) is 35.2 Å². The lowest BCUT2D eigenvalue weighted by Gasteiger charge is -2.08. The molecular weight excluding hydrogens is 320 g/mol. The Hall–Kier alpha value is -1.54. The second-order valence-corrected chi connectivity index (χ2v) is 6.21. The molecule has 0 atom stereocenters. The summed E-state index contributed by atoms with van der Waals surface area (Å²) in [4.78, 5) is 3.80. The lowest BCUT2D eigenvalue weighted by atomic mass is 10.3. The van der Waals surface area contributed by atoms with Gasteiger partial charge in [0.05, 0.1) is 12.0 Å². The topological polar surface area (TPSA) is 90.0 Å². The van der Waals surface area contributed by atoms with E-state index in [-0.39, 0.29) is 5.03 Å². The SMILES string of the molecule is Cn1cnc(S(=O)(=O)Nc2cc(N)ccc2Br)c1. The molecule has 0 aliphatic rings. The second-order valence-electron chi connectivity index (χ2n) is 3.72. The average molecular weight is 331 g/mol. The van der Waals surface area contributed by atoms with E-state index in [2.05, 4.69) is 25.6 Å². The minimum atomic E-state index is -3.70. The largest absolute Gasteiger partial charge is 0.399 e. The van der Waals surface area contributed by atoms with Crippen LogP contribution in [0.25, 0.3) is 0 Å². The Morgan fingerprint density at radius 3 is 2.78 bits per heavy atom. The van der Waals surface area contributed by atoms with Crippen molar-refractivity contribution in [1.82, 2.24) is 9.55 Å². The van der Waals surface area contributed by atoms with Crippen LogP contribution in [-0.4, -0.2) is 18.0 Å². The lowest BCUT2D eigenvalue weighted by molar-refractivity contribution is 0.598. The van der Waals surface area contributed by atoms with Crippen LogP contribution < -0.4 is 10.5 Å². The zero-order valence-corrected chi connectivity index (χ0v) is 11.9. The summed E-state index contributed by atoms with van der Waals surface area (Å²) in [5.41, 5.74) is 6.46. The zero-order valence-electron chi connectivity index (χ0n) is 9.46. The first-order valence-corrected chi connectivity index (χ1v) is 7.22. The fraction of sp³-hybridized carbons (Fsp3) is 0.100. The van der Waals surface area contributed by atoms with Crippen LogP contribution in [0, 0.1) is 0 Å². The predicted octanol–water partition coefficient (Wildman–Crippen LogP) is 1.57. The maximum Gasteiger partial charge on any atom is 0.280 e. The normalized spacial score (nSPS) is 11.4. The van der Waals surface area contributed by atoms with Crippen molar-refractivity contribution in [2.45, 2.75) is 5.03 Å².